The van der Waals surface area contributed by atoms with Gasteiger partial charge in [0.1, 0.15) is 0 Å². The second-order valence-corrected chi connectivity index (χ2v) is 4.70. The SMILES string of the molecule is O=C1CNC(=O)c2cc(N3CCNCC3)ccc2N1. The van der Waals surface area contributed by atoms with E-state index in [9.17, 15) is 9.59 Å². The van der Waals surface area contributed by atoms with E-state index in [1.54, 1.807) is 6.07 Å². The topological polar surface area (TPSA) is 73.5 Å². The summed E-state index contributed by atoms with van der Waals surface area (Å²) in [6.45, 7) is 3.76. The Kier molecular flexibility index (Phi) is 3.08. The minimum absolute atomic E-state index is 0.0243. The Balaban J connectivity index is 1.93. The Morgan fingerprint density at radius 3 is 2.68 bits per heavy atom. The van der Waals surface area contributed by atoms with Crippen molar-refractivity contribution in [3.05, 3.63) is 23.8 Å². The first-order chi connectivity index (χ1) is 9.24. The zero-order chi connectivity index (χ0) is 13.2. The summed E-state index contributed by atoms with van der Waals surface area (Å²) in [5, 5.41) is 8.62. The first-order valence-electron chi connectivity index (χ1n) is 6.42. The summed E-state index contributed by atoms with van der Waals surface area (Å²) in [4.78, 5) is 25.6. The second-order valence-electron chi connectivity index (χ2n) is 4.70. The lowest BCUT2D eigenvalue weighted by Crippen LogP contribution is -2.43. The van der Waals surface area contributed by atoms with Gasteiger partial charge in [0.15, 0.2) is 0 Å². The smallest absolute Gasteiger partial charge is 0.253 e. The Morgan fingerprint density at radius 1 is 1.11 bits per heavy atom. The molecular formula is C13H16N4O2. The normalized spacial score (nSPS) is 19.3. The lowest BCUT2D eigenvalue weighted by atomic mass is 10.1. The first-order valence-corrected chi connectivity index (χ1v) is 6.42. The van der Waals surface area contributed by atoms with Gasteiger partial charge >= 0.3 is 0 Å². The van der Waals surface area contributed by atoms with Crippen molar-refractivity contribution < 1.29 is 9.59 Å². The summed E-state index contributed by atoms with van der Waals surface area (Å²) in [7, 11) is 0. The van der Waals surface area contributed by atoms with E-state index < -0.39 is 0 Å². The molecular weight excluding hydrogens is 244 g/mol. The number of rotatable bonds is 1. The lowest BCUT2D eigenvalue weighted by molar-refractivity contribution is -0.115. The quantitative estimate of drug-likeness (QED) is 0.652. The Labute approximate surface area is 111 Å². The van der Waals surface area contributed by atoms with Crippen molar-refractivity contribution in [1.29, 1.82) is 0 Å². The van der Waals surface area contributed by atoms with Gasteiger partial charge in [0.2, 0.25) is 5.91 Å². The van der Waals surface area contributed by atoms with Crippen LogP contribution >= 0.6 is 0 Å². The van der Waals surface area contributed by atoms with Crippen LogP contribution in [0.5, 0.6) is 0 Å². The van der Waals surface area contributed by atoms with E-state index in [4.69, 9.17) is 0 Å². The highest BCUT2D eigenvalue weighted by Crippen LogP contribution is 2.24. The number of nitrogens with one attached hydrogen (secondary N) is 3. The molecule has 2 aliphatic heterocycles. The molecule has 1 saturated heterocycles. The maximum Gasteiger partial charge on any atom is 0.253 e. The fraction of sp³-hybridized carbons (Fsp3) is 0.385. The van der Waals surface area contributed by atoms with Gasteiger partial charge in [-0.15, -0.1) is 0 Å². The molecule has 1 aromatic carbocycles. The summed E-state index contributed by atoms with van der Waals surface area (Å²) in [5.41, 5.74) is 2.13. The number of nitrogens with zero attached hydrogens (tertiary/aromatic N) is 1. The van der Waals surface area contributed by atoms with Crippen LogP contribution in [0.1, 0.15) is 10.4 Å². The second kappa shape index (κ2) is 4.89. The number of amides is 2. The minimum atomic E-state index is -0.203. The van der Waals surface area contributed by atoms with E-state index >= 15 is 0 Å². The highest BCUT2D eigenvalue weighted by molar-refractivity contribution is 6.09. The lowest BCUT2D eigenvalue weighted by Gasteiger charge is -2.29. The van der Waals surface area contributed by atoms with E-state index in [0.717, 1.165) is 31.9 Å². The van der Waals surface area contributed by atoms with Gasteiger partial charge in [0.25, 0.3) is 5.91 Å². The molecule has 6 nitrogen and oxygen atoms in total. The number of benzene rings is 1. The molecule has 0 saturated carbocycles. The summed E-state index contributed by atoms with van der Waals surface area (Å²) in [6, 6.07) is 5.60. The number of carbonyl (C=O) groups is 2. The van der Waals surface area contributed by atoms with Crippen molar-refractivity contribution in [1.82, 2.24) is 10.6 Å². The number of piperazine rings is 1. The van der Waals surface area contributed by atoms with Crippen molar-refractivity contribution >= 4 is 23.2 Å². The Morgan fingerprint density at radius 2 is 1.89 bits per heavy atom. The van der Waals surface area contributed by atoms with Crippen LogP contribution in [0.2, 0.25) is 0 Å². The molecule has 2 aliphatic rings. The van der Waals surface area contributed by atoms with Crippen molar-refractivity contribution in [2.24, 2.45) is 0 Å². The standard InChI is InChI=1S/C13H16N4O2/c18-12-8-15-13(19)10-7-9(1-2-11(10)16-12)17-5-3-14-4-6-17/h1-2,7,14H,3-6,8H2,(H,15,19)(H,16,18). The number of carbonyl (C=O) groups excluding carboxylic acids is 2. The molecule has 0 radical (unpaired) electrons. The zero-order valence-corrected chi connectivity index (χ0v) is 10.5. The first kappa shape index (κ1) is 12.0. The van der Waals surface area contributed by atoms with Gasteiger partial charge in [0, 0.05) is 31.9 Å². The van der Waals surface area contributed by atoms with Crippen LogP contribution in [0.4, 0.5) is 11.4 Å². The third-order valence-corrected chi connectivity index (χ3v) is 3.41. The number of fused-ring (bicyclic) bond motifs is 1. The van der Waals surface area contributed by atoms with Gasteiger partial charge in [0.05, 0.1) is 17.8 Å². The van der Waals surface area contributed by atoms with E-state index in [2.05, 4.69) is 20.9 Å². The fourth-order valence-electron chi connectivity index (χ4n) is 2.40. The van der Waals surface area contributed by atoms with Gasteiger partial charge in [-0.25, -0.2) is 0 Å². The van der Waals surface area contributed by atoms with Crippen molar-refractivity contribution in [2.75, 3.05) is 42.9 Å². The summed E-state index contributed by atoms with van der Waals surface area (Å²) in [5.74, 6) is -0.396. The van der Waals surface area contributed by atoms with Crippen molar-refractivity contribution in [3.63, 3.8) is 0 Å². The van der Waals surface area contributed by atoms with E-state index in [1.165, 1.54) is 0 Å². The highest BCUT2D eigenvalue weighted by Gasteiger charge is 2.20. The molecule has 2 amide bonds. The van der Waals surface area contributed by atoms with Crippen LogP contribution in [0.25, 0.3) is 0 Å². The fourth-order valence-corrected chi connectivity index (χ4v) is 2.40. The van der Waals surface area contributed by atoms with Gasteiger partial charge in [-0.1, -0.05) is 0 Å². The van der Waals surface area contributed by atoms with Gasteiger partial charge in [-0.05, 0) is 18.2 Å². The molecule has 1 fully saturated rings. The van der Waals surface area contributed by atoms with Crippen LogP contribution in [0.3, 0.4) is 0 Å². The molecule has 100 valence electrons. The third-order valence-electron chi connectivity index (χ3n) is 3.41. The molecule has 0 spiro atoms. The minimum Gasteiger partial charge on any atom is -0.369 e. The van der Waals surface area contributed by atoms with E-state index in [1.807, 2.05) is 12.1 Å². The molecule has 3 N–H and O–H groups in total. The van der Waals surface area contributed by atoms with Crippen LogP contribution in [0, 0.1) is 0 Å². The Hall–Kier alpha value is -2.08. The molecule has 0 aliphatic carbocycles. The third kappa shape index (κ3) is 2.39. The largest absolute Gasteiger partial charge is 0.369 e. The predicted molar refractivity (Wildman–Crippen MR) is 72.5 cm³/mol. The van der Waals surface area contributed by atoms with Gasteiger partial charge < -0.3 is 20.9 Å². The Bertz CT molecular complexity index is 523. The number of anilines is 2. The molecule has 19 heavy (non-hydrogen) atoms. The predicted octanol–water partition coefficient (Wildman–Crippen LogP) is -0.222. The molecule has 1 aromatic rings. The molecule has 3 rings (SSSR count). The highest BCUT2D eigenvalue weighted by atomic mass is 16.2. The maximum absolute atomic E-state index is 12.0. The monoisotopic (exact) mass is 260 g/mol. The molecule has 6 heteroatoms. The van der Waals surface area contributed by atoms with Crippen molar-refractivity contribution in [2.45, 2.75) is 0 Å². The van der Waals surface area contributed by atoms with E-state index in [0.29, 0.717) is 11.3 Å². The summed E-state index contributed by atoms with van der Waals surface area (Å²) < 4.78 is 0. The van der Waals surface area contributed by atoms with Gasteiger partial charge in [-0.3, -0.25) is 9.59 Å². The van der Waals surface area contributed by atoms with Crippen LogP contribution < -0.4 is 20.9 Å². The van der Waals surface area contributed by atoms with Crippen LogP contribution in [-0.4, -0.2) is 44.5 Å². The molecule has 0 unspecified atom stereocenters. The molecule has 0 atom stereocenters. The zero-order valence-electron chi connectivity index (χ0n) is 10.5. The van der Waals surface area contributed by atoms with Crippen LogP contribution in [-0.2, 0) is 4.79 Å². The summed E-state index contributed by atoms with van der Waals surface area (Å²) in [6.07, 6.45) is 0. The molecule has 0 bridgehead atoms. The number of hydrogen-bond donors (Lipinski definition) is 3. The van der Waals surface area contributed by atoms with E-state index in [-0.39, 0.29) is 18.4 Å². The molecule has 2 heterocycles. The number of hydrogen-bond acceptors (Lipinski definition) is 4. The molecule has 0 aromatic heterocycles. The maximum atomic E-state index is 12.0. The summed E-state index contributed by atoms with van der Waals surface area (Å²) >= 11 is 0. The van der Waals surface area contributed by atoms with Crippen LogP contribution in [0.15, 0.2) is 18.2 Å². The average molecular weight is 260 g/mol. The van der Waals surface area contributed by atoms with Gasteiger partial charge in [-0.2, -0.15) is 0 Å². The average Bonchev–Trinajstić information content (AvgIpc) is 2.59. The van der Waals surface area contributed by atoms with Crippen molar-refractivity contribution in [3.8, 4) is 0 Å².